The average Bonchev–Trinajstić information content (AvgIpc) is 2.40. The molecule has 0 aliphatic heterocycles. The Balaban J connectivity index is 2.05. The van der Waals surface area contributed by atoms with Crippen molar-refractivity contribution in [1.82, 2.24) is 4.98 Å². The second-order valence-electron chi connectivity index (χ2n) is 4.15. The van der Waals surface area contributed by atoms with Crippen molar-refractivity contribution in [3.05, 3.63) is 48.2 Å². The van der Waals surface area contributed by atoms with Crippen LogP contribution in [-0.2, 0) is 6.54 Å². The summed E-state index contributed by atoms with van der Waals surface area (Å²) in [6, 6.07) is 11.8. The number of anilines is 2. The summed E-state index contributed by atoms with van der Waals surface area (Å²) < 4.78 is 5.13. The van der Waals surface area contributed by atoms with Crippen LogP contribution in [0.5, 0.6) is 5.75 Å². The van der Waals surface area contributed by atoms with Gasteiger partial charge in [-0.1, -0.05) is 12.1 Å². The molecular formula is C14H17N3O. The Kier molecular flexibility index (Phi) is 3.67. The van der Waals surface area contributed by atoms with E-state index in [2.05, 4.69) is 22.0 Å². The van der Waals surface area contributed by atoms with E-state index in [0.717, 1.165) is 18.0 Å². The fourth-order valence-corrected chi connectivity index (χ4v) is 1.72. The molecule has 0 fully saturated rings. The van der Waals surface area contributed by atoms with Gasteiger partial charge in [0.2, 0.25) is 0 Å². The van der Waals surface area contributed by atoms with E-state index in [1.165, 1.54) is 5.56 Å². The fraction of sp³-hybridized carbons (Fsp3) is 0.214. The van der Waals surface area contributed by atoms with Crippen LogP contribution < -0.4 is 15.4 Å². The number of nitrogen functional groups attached to an aromatic ring is 1. The molecule has 1 heterocycles. The van der Waals surface area contributed by atoms with Gasteiger partial charge < -0.3 is 15.4 Å². The SMILES string of the molecule is COc1ccc(CN(C)c2ccc(N)nc2)cc1. The summed E-state index contributed by atoms with van der Waals surface area (Å²) >= 11 is 0. The summed E-state index contributed by atoms with van der Waals surface area (Å²) in [5, 5.41) is 0. The van der Waals surface area contributed by atoms with Gasteiger partial charge in [0.15, 0.2) is 0 Å². The highest BCUT2D eigenvalue weighted by Crippen LogP contribution is 2.17. The maximum absolute atomic E-state index is 5.57. The van der Waals surface area contributed by atoms with Crippen LogP contribution in [0.4, 0.5) is 11.5 Å². The summed E-state index contributed by atoms with van der Waals surface area (Å²) in [7, 11) is 3.69. The third-order valence-corrected chi connectivity index (χ3v) is 2.79. The first-order chi connectivity index (χ1) is 8.69. The van der Waals surface area contributed by atoms with E-state index in [1.807, 2.05) is 25.2 Å². The van der Waals surface area contributed by atoms with Crippen LogP contribution in [0, 0.1) is 0 Å². The molecule has 4 heteroatoms. The zero-order valence-corrected chi connectivity index (χ0v) is 10.6. The lowest BCUT2D eigenvalue weighted by molar-refractivity contribution is 0.414. The van der Waals surface area contributed by atoms with Crippen molar-refractivity contribution in [3.8, 4) is 5.75 Å². The molecule has 1 aromatic carbocycles. The van der Waals surface area contributed by atoms with Crippen molar-refractivity contribution in [2.75, 3.05) is 24.8 Å². The normalized spacial score (nSPS) is 10.1. The lowest BCUT2D eigenvalue weighted by atomic mass is 10.2. The Morgan fingerprint density at radius 1 is 1.17 bits per heavy atom. The smallest absolute Gasteiger partial charge is 0.123 e. The van der Waals surface area contributed by atoms with Crippen LogP contribution in [0.1, 0.15) is 5.56 Å². The fourth-order valence-electron chi connectivity index (χ4n) is 1.72. The summed E-state index contributed by atoms with van der Waals surface area (Å²) in [5.41, 5.74) is 7.83. The molecule has 0 aliphatic carbocycles. The van der Waals surface area contributed by atoms with E-state index in [1.54, 1.807) is 19.4 Å². The van der Waals surface area contributed by atoms with Crippen LogP contribution in [0.15, 0.2) is 42.6 Å². The molecule has 0 atom stereocenters. The Morgan fingerprint density at radius 2 is 1.89 bits per heavy atom. The van der Waals surface area contributed by atoms with E-state index < -0.39 is 0 Å². The first-order valence-corrected chi connectivity index (χ1v) is 5.74. The van der Waals surface area contributed by atoms with Crippen molar-refractivity contribution >= 4 is 11.5 Å². The summed E-state index contributed by atoms with van der Waals surface area (Å²) in [6.45, 7) is 0.815. The lowest BCUT2D eigenvalue weighted by Crippen LogP contribution is -2.16. The molecular weight excluding hydrogens is 226 g/mol. The van der Waals surface area contributed by atoms with Gasteiger partial charge in [-0.3, -0.25) is 0 Å². The predicted molar refractivity (Wildman–Crippen MR) is 73.8 cm³/mol. The van der Waals surface area contributed by atoms with E-state index in [9.17, 15) is 0 Å². The highest BCUT2D eigenvalue weighted by molar-refractivity contribution is 5.47. The van der Waals surface area contributed by atoms with Crippen LogP contribution >= 0.6 is 0 Å². The maximum Gasteiger partial charge on any atom is 0.123 e. The zero-order valence-electron chi connectivity index (χ0n) is 10.6. The van der Waals surface area contributed by atoms with Crippen LogP contribution in [0.25, 0.3) is 0 Å². The van der Waals surface area contributed by atoms with Crippen LogP contribution in [0.2, 0.25) is 0 Å². The molecule has 0 aliphatic rings. The second-order valence-corrected chi connectivity index (χ2v) is 4.15. The minimum atomic E-state index is 0.539. The zero-order chi connectivity index (χ0) is 13.0. The third-order valence-electron chi connectivity index (χ3n) is 2.79. The average molecular weight is 243 g/mol. The molecule has 0 saturated heterocycles. The van der Waals surface area contributed by atoms with Gasteiger partial charge in [0.25, 0.3) is 0 Å². The first kappa shape index (κ1) is 12.2. The Bertz CT molecular complexity index is 493. The number of hydrogen-bond donors (Lipinski definition) is 1. The number of rotatable bonds is 4. The molecule has 0 unspecified atom stereocenters. The lowest BCUT2D eigenvalue weighted by Gasteiger charge is -2.19. The van der Waals surface area contributed by atoms with Gasteiger partial charge >= 0.3 is 0 Å². The number of pyridine rings is 1. The van der Waals surface area contributed by atoms with Crippen LogP contribution in [0.3, 0.4) is 0 Å². The number of ether oxygens (including phenoxy) is 1. The maximum atomic E-state index is 5.57. The predicted octanol–water partition coefficient (Wildman–Crippen LogP) is 2.31. The quantitative estimate of drug-likeness (QED) is 0.895. The molecule has 2 rings (SSSR count). The summed E-state index contributed by atoms with van der Waals surface area (Å²) in [5.74, 6) is 1.41. The van der Waals surface area contributed by atoms with E-state index in [0.29, 0.717) is 5.82 Å². The van der Waals surface area contributed by atoms with Crippen LogP contribution in [-0.4, -0.2) is 19.1 Å². The molecule has 18 heavy (non-hydrogen) atoms. The molecule has 0 radical (unpaired) electrons. The van der Waals surface area contributed by atoms with Crippen molar-refractivity contribution in [1.29, 1.82) is 0 Å². The minimum absolute atomic E-state index is 0.539. The first-order valence-electron chi connectivity index (χ1n) is 5.74. The Morgan fingerprint density at radius 3 is 2.44 bits per heavy atom. The summed E-state index contributed by atoms with van der Waals surface area (Å²) in [6.07, 6.45) is 1.78. The molecule has 0 bridgehead atoms. The number of hydrogen-bond acceptors (Lipinski definition) is 4. The van der Waals surface area contributed by atoms with Crippen molar-refractivity contribution in [3.63, 3.8) is 0 Å². The van der Waals surface area contributed by atoms with Gasteiger partial charge in [-0.15, -0.1) is 0 Å². The molecule has 2 aromatic rings. The number of benzene rings is 1. The van der Waals surface area contributed by atoms with Gasteiger partial charge in [0.05, 0.1) is 19.0 Å². The van der Waals surface area contributed by atoms with Gasteiger partial charge in [0, 0.05) is 13.6 Å². The van der Waals surface area contributed by atoms with Crippen molar-refractivity contribution < 1.29 is 4.74 Å². The molecule has 0 spiro atoms. The Hall–Kier alpha value is -2.23. The summed E-state index contributed by atoms with van der Waals surface area (Å²) in [4.78, 5) is 6.20. The van der Waals surface area contributed by atoms with Gasteiger partial charge in [0.1, 0.15) is 11.6 Å². The number of aromatic nitrogens is 1. The molecule has 0 saturated carbocycles. The number of nitrogens with two attached hydrogens (primary N) is 1. The Labute approximate surface area is 107 Å². The van der Waals surface area contributed by atoms with Crippen molar-refractivity contribution in [2.24, 2.45) is 0 Å². The minimum Gasteiger partial charge on any atom is -0.497 e. The van der Waals surface area contributed by atoms with E-state index >= 15 is 0 Å². The standard InChI is InChI=1S/C14H17N3O/c1-17(12-5-8-14(15)16-9-12)10-11-3-6-13(18-2)7-4-11/h3-9H,10H2,1-2H3,(H2,15,16). The largest absolute Gasteiger partial charge is 0.497 e. The van der Waals surface area contributed by atoms with Gasteiger partial charge in [-0.25, -0.2) is 4.98 Å². The third kappa shape index (κ3) is 2.91. The highest BCUT2D eigenvalue weighted by atomic mass is 16.5. The molecule has 1 aromatic heterocycles. The molecule has 4 nitrogen and oxygen atoms in total. The topological polar surface area (TPSA) is 51.4 Å². The number of nitrogens with zero attached hydrogens (tertiary/aromatic N) is 2. The monoisotopic (exact) mass is 243 g/mol. The van der Waals surface area contributed by atoms with Gasteiger partial charge in [-0.05, 0) is 29.8 Å². The van der Waals surface area contributed by atoms with E-state index in [4.69, 9.17) is 10.5 Å². The second kappa shape index (κ2) is 5.40. The highest BCUT2D eigenvalue weighted by Gasteiger charge is 2.02. The van der Waals surface area contributed by atoms with E-state index in [-0.39, 0.29) is 0 Å². The molecule has 0 amide bonds. The number of methoxy groups -OCH3 is 1. The molecule has 2 N–H and O–H groups in total. The van der Waals surface area contributed by atoms with Gasteiger partial charge in [-0.2, -0.15) is 0 Å². The van der Waals surface area contributed by atoms with Crippen molar-refractivity contribution in [2.45, 2.75) is 6.54 Å². The molecule has 94 valence electrons.